The number of hydrogen-bond donors (Lipinski definition) is 2. The first-order chi connectivity index (χ1) is 10.2. The van der Waals surface area contributed by atoms with Crippen LogP contribution in [-0.2, 0) is 0 Å². The van der Waals surface area contributed by atoms with Crippen molar-refractivity contribution in [3.8, 4) is 0 Å². The third-order valence-corrected chi connectivity index (χ3v) is 4.95. The van der Waals surface area contributed by atoms with Crippen LogP contribution in [0.3, 0.4) is 0 Å². The molecule has 1 saturated carbocycles. The molecule has 0 aliphatic heterocycles. The average Bonchev–Trinajstić information content (AvgIpc) is 2.52. The zero-order valence-corrected chi connectivity index (χ0v) is 14.1. The van der Waals surface area contributed by atoms with Gasteiger partial charge in [-0.25, -0.2) is 0 Å². The van der Waals surface area contributed by atoms with E-state index in [2.05, 4.69) is 20.8 Å². The van der Waals surface area contributed by atoms with Crippen molar-refractivity contribution in [3.05, 3.63) is 34.3 Å². The highest BCUT2D eigenvalue weighted by Crippen LogP contribution is 2.25. The normalized spacial score (nSPS) is 18.1. The first-order valence-electron chi connectivity index (χ1n) is 7.99. The molecule has 1 aliphatic rings. The van der Waals surface area contributed by atoms with Crippen LogP contribution in [-0.4, -0.2) is 40.9 Å². The average molecular weight is 356 g/mol. The second-order valence-corrected chi connectivity index (χ2v) is 6.82. The first-order valence-corrected chi connectivity index (χ1v) is 8.78. The van der Waals surface area contributed by atoms with E-state index in [1.807, 2.05) is 24.3 Å². The first kappa shape index (κ1) is 16.9. The molecular formula is C17H26BrNO2. The van der Waals surface area contributed by atoms with Crippen molar-refractivity contribution in [2.75, 3.05) is 19.7 Å². The van der Waals surface area contributed by atoms with Gasteiger partial charge in [-0.15, -0.1) is 0 Å². The summed E-state index contributed by atoms with van der Waals surface area (Å²) in [5, 5.41) is 19.6. The molecule has 1 aromatic carbocycles. The molecule has 1 fully saturated rings. The highest BCUT2D eigenvalue weighted by atomic mass is 79.9. The SMILES string of the molecule is OCCN(CCC(O)c1ccc(Br)cc1)C1CCCCC1. The molecule has 21 heavy (non-hydrogen) atoms. The number of aliphatic hydroxyl groups is 2. The number of halogens is 1. The predicted octanol–water partition coefficient (Wildman–Crippen LogP) is 3.50. The number of benzene rings is 1. The van der Waals surface area contributed by atoms with Gasteiger partial charge in [0.1, 0.15) is 0 Å². The maximum atomic E-state index is 10.3. The fourth-order valence-electron chi connectivity index (χ4n) is 3.19. The van der Waals surface area contributed by atoms with Gasteiger partial charge in [0, 0.05) is 23.6 Å². The van der Waals surface area contributed by atoms with Crippen molar-refractivity contribution in [3.63, 3.8) is 0 Å². The zero-order chi connectivity index (χ0) is 15.1. The summed E-state index contributed by atoms with van der Waals surface area (Å²) in [5.74, 6) is 0. The lowest BCUT2D eigenvalue weighted by Crippen LogP contribution is -2.39. The maximum absolute atomic E-state index is 10.3. The van der Waals surface area contributed by atoms with Crippen LogP contribution in [0.2, 0.25) is 0 Å². The summed E-state index contributed by atoms with van der Waals surface area (Å²) < 4.78 is 1.03. The van der Waals surface area contributed by atoms with Gasteiger partial charge in [-0.1, -0.05) is 47.3 Å². The molecule has 1 aromatic rings. The van der Waals surface area contributed by atoms with Crippen molar-refractivity contribution >= 4 is 15.9 Å². The largest absolute Gasteiger partial charge is 0.395 e. The van der Waals surface area contributed by atoms with E-state index < -0.39 is 6.10 Å². The van der Waals surface area contributed by atoms with Crippen molar-refractivity contribution in [1.82, 2.24) is 4.90 Å². The Morgan fingerprint density at radius 3 is 2.38 bits per heavy atom. The van der Waals surface area contributed by atoms with E-state index in [9.17, 15) is 10.2 Å². The topological polar surface area (TPSA) is 43.7 Å². The summed E-state index contributed by atoms with van der Waals surface area (Å²) in [6.07, 6.45) is 6.68. The van der Waals surface area contributed by atoms with Gasteiger partial charge >= 0.3 is 0 Å². The van der Waals surface area contributed by atoms with Crippen LogP contribution in [0, 0.1) is 0 Å². The second kappa shape index (κ2) is 8.89. The molecule has 1 aliphatic carbocycles. The lowest BCUT2D eigenvalue weighted by atomic mass is 9.93. The van der Waals surface area contributed by atoms with Crippen LogP contribution < -0.4 is 0 Å². The fourth-order valence-corrected chi connectivity index (χ4v) is 3.46. The molecule has 0 bridgehead atoms. The summed E-state index contributed by atoms with van der Waals surface area (Å²) in [7, 11) is 0. The molecule has 0 aromatic heterocycles. The summed E-state index contributed by atoms with van der Waals surface area (Å²) in [6.45, 7) is 1.77. The van der Waals surface area contributed by atoms with E-state index in [1.165, 1.54) is 32.1 Å². The number of aliphatic hydroxyl groups excluding tert-OH is 2. The summed E-state index contributed by atoms with van der Waals surface area (Å²) >= 11 is 3.41. The van der Waals surface area contributed by atoms with E-state index in [4.69, 9.17) is 0 Å². The predicted molar refractivity (Wildman–Crippen MR) is 89.3 cm³/mol. The van der Waals surface area contributed by atoms with Gasteiger partial charge in [0.05, 0.1) is 12.7 Å². The van der Waals surface area contributed by atoms with Crippen LogP contribution in [0.1, 0.15) is 50.2 Å². The maximum Gasteiger partial charge on any atom is 0.0802 e. The standard InChI is InChI=1S/C17H26BrNO2/c18-15-8-6-14(7-9-15)17(21)10-11-19(12-13-20)16-4-2-1-3-5-16/h6-9,16-17,20-21H,1-5,10-13H2. The molecule has 0 saturated heterocycles. The van der Waals surface area contributed by atoms with E-state index in [0.717, 1.165) is 29.5 Å². The van der Waals surface area contributed by atoms with Gasteiger partial charge in [-0.3, -0.25) is 4.90 Å². The second-order valence-electron chi connectivity index (χ2n) is 5.91. The molecule has 1 unspecified atom stereocenters. The fraction of sp³-hybridized carbons (Fsp3) is 0.647. The van der Waals surface area contributed by atoms with Crippen molar-refractivity contribution in [2.45, 2.75) is 50.7 Å². The molecule has 0 radical (unpaired) electrons. The highest BCUT2D eigenvalue weighted by molar-refractivity contribution is 9.10. The van der Waals surface area contributed by atoms with Crippen molar-refractivity contribution in [2.24, 2.45) is 0 Å². The monoisotopic (exact) mass is 355 g/mol. The molecule has 1 atom stereocenters. The van der Waals surface area contributed by atoms with Crippen molar-refractivity contribution < 1.29 is 10.2 Å². The Kier molecular flexibility index (Phi) is 7.17. The van der Waals surface area contributed by atoms with Crippen LogP contribution in [0.25, 0.3) is 0 Å². The minimum Gasteiger partial charge on any atom is -0.395 e. The molecule has 3 nitrogen and oxygen atoms in total. The van der Waals surface area contributed by atoms with E-state index >= 15 is 0 Å². The Balaban J connectivity index is 1.86. The van der Waals surface area contributed by atoms with Crippen LogP contribution in [0.4, 0.5) is 0 Å². The van der Waals surface area contributed by atoms with Gasteiger partial charge < -0.3 is 10.2 Å². The van der Waals surface area contributed by atoms with Gasteiger partial charge in [0.15, 0.2) is 0 Å². The lowest BCUT2D eigenvalue weighted by Gasteiger charge is -2.34. The van der Waals surface area contributed by atoms with Gasteiger partial charge in [-0.2, -0.15) is 0 Å². The van der Waals surface area contributed by atoms with Gasteiger partial charge in [0.25, 0.3) is 0 Å². The van der Waals surface area contributed by atoms with E-state index in [-0.39, 0.29) is 6.61 Å². The van der Waals surface area contributed by atoms with Gasteiger partial charge in [-0.05, 0) is 37.0 Å². The molecule has 118 valence electrons. The molecule has 0 heterocycles. The number of rotatable bonds is 7. The molecule has 4 heteroatoms. The smallest absolute Gasteiger partial charge is 0.0802 e. The Hall–Kier alpha value is -0.420. The van der Waals surface area contributed by atoms with Crippen LogP contribution in [0.5, 0.6) is 0 Å². The molecule has 0 spiro atoms. The van der Waals surface area contributed by atoms with Crippen molar-refractivity contribution in [1.29, 1.82) is 0 Å². The minimum atomic E-state index is -0.428. The zero-order valence-electron chi connectivity index (χ0n) is 12.5. The summed E-state index contributed by atoms with van der Waals surface area (Å²) in [5.41, 5.74) is 0.964. The molecule has 2 N–H and O–H groups in total. The minimum absolute atomic E-state index is 0.199. The highest BCUT2D eigenvalue weighted by Gasteiger charge is 2.21. The third-order valence-electron chi connectivity index (χ3n) is 4.42. The Morgan fingerprint density at radius 1 is 1.10 bits per heavy atom. The lowest BCUT2D eigenvalue weighted by molar-refractivity contribution is 0.0923. The third kappa shape index (κ3) is 5.37. The quantitative estimate of drug-likeness (QED) is 0.786. The van der Waals surface area contributed by atoms with E-state index in [1.54, 1.807) is 0 Å². The van der Waals surface area contributed by atoms with E-state index in [0.29, 0.717) is 6.04 Å². The summed E-state index contributed by atoms with van der Waals surface area (Å²) in [4.78, 5) is 2.36. The summed E-state index contributed by atoms with van der Waals surface area (Å²) in [6, 6.07) is 8.44. The number of nitrogens with zero attached hydrogens (tertiary/aromatic N) is 1. The molecular weight excluding hydrogens is 330 g/mol. The Bertz CT molecular complexity index is 404. The van der Waals surface area contributed by atoms with Crippen LogP contribution in [0.15, 0.2) is 28.7 Å². The van der Waals surface area contributed by atoms with Crippen LogP contribution >= 0.6 is 15.9 Å². The molecule has 0 amide bonds. The Labute approximate surface area is 136 Å². The molecule has 2 rings (SSSR count). The Morgan fingerprint density at radius 2 is 1.76 bits per heavy atom. The van der Waals surface area contributed by atoms with Gasteiger partial charge in [0.2, 0.25) is 0 Å². The number of hydrogen-bond acceptors (Lipinski definition) is 3.